The second-order valence-corrected chi connectivity index (χ2v) is 6.77. The molecule has 1 atom stereocenters. The predicted octanol–water partition coefficient (Wildman–Crippen LogP) is -0.361. The Morgan fingerprint density at radius 3 is 2.30 bits per heavy atom. The maximum atomic E-state index is 12.8. The molecule has 0 aromatic rings. The van der Waals surface area contributed by atoms with E-state index in [9.17, 15) is 8.42 Å². The molecule has 8 heteroatoms. The molecule has 0 aliphatic carbocycles. The Balaban J connectivity index is 2.83. The van der Waals surface area contributed by atoms with E-state index in [2.05, 4.69) is 0 Å². The molecule has 2 N–H and O–H groups in total. The van der Waals surface area contributed by atoms with E-state index >= 15 is 0 Å². The molecular weight excluding hydrogens is 282 g/mol. The Bertz CT molecular complexity index is 356. The van der Waals surface area contributed by atoms with Crippen LogP contribution in [0.1, 0.15) is 19.3 Å². The predicted molar refractivity (Wildman–Crippen MR) is 77.6 cm³/mol. The first-order chi connectivity index (χ1) is 9.57. The molecule has 1 aliphatic heterocycles. The minimum atomic E-state index is -3.50. The summed E-state index contributed by atoms with van der Waals surface area (Å²) in [6.07, 6.45) is 2.75. The molecule has 0 amide bonds. The average molecular weight is 309 g/mol. The fraction of sp³-hybridized carbons (Fsp3) is 1.00. The van der Waals surface area contributed by atoms with Gasteiger partial charge in [-0.15, -0.1) is 0 Å². The SMILES string of the molecule is COCCN(CCOC)S(=O)(=O)N1CCCCC1CN. The number of hydrogen-bond donors (Lipinski definition) is 1. The van der Waals surface area contributed by atoms with Gasteiger partial charge in [-0.25, -0.2) is 0 Å². The van der Waals surface area contributed by atoms with Crippen LogP contribution in [0.15, 0.2) is 0 Å². The van der Waals surface area contributed by atoms with E-state index in [1.54, 1.807) is 18.5 Å². The highest BCUT2D eigenvalue weighted by molar-refractivity contribution is 7.86. The monoisotopic (exact) mass is 309 g/mol. The summed E-state index contributed by atoms with van der Waals surface area (Å²) in [4.78, 5) is 0. The summed E-state index contributed by atoms with van der Waals surface area (Å²) in [5.74, 6) is 0. The van der Waals surface area contributed by atoms with Crippen LogP contribution in [-0.2, 0) is 19.7 Å². The molecule has 7 nitrogen and oxygen atoms in total. The lowest BCUT2D eigenvalue weighted by atomic mass is 10.1. The van der Waals surface area contributed by atoms with Gasteiger partial charge < -0.3 is 15.2 Å². The van der Waals surface area contributed by atoms with E-state index < -0.39 is 10.2 Å². The van der Waals surface area contributed by atoms with Crippen LogP contribution in [0, 0.1) is 0 Å². The number of methoxy groups -OCH3 is 2. The van der Waals surface area contributed by atoms with E-state index in [0.717, 1.165) is 19.3 Å². The van der Waals surface area contributed by atoms with Crippen molar-refractivity contribution >= 4 is 10.2 Å². The van der Waals surface area contributed by atoms with Crippen LogP contribution >= 0.6 is 0 Å². The molecule has 0 bridgehead atoms. The molecule has 1 aliphatic rings. The zero-order valence-corrected chi connectivity index (χ0v) is 13.3. The zero-order valence-electron chi connectivity index (χ0n) is 12.5. The lowest BCUT2D eigenvalue weighted by Crippen LogP contribution is -2.54. The van der Waals surface area contributed by atoms with Gasteiger partial charge in [-0.3, -0.25) is 0 Å². The van der Waals surface area contributed by atoms with E-state index in [1.807, 2.05) is 0 Å². The van der Waals surface area contributed by atoms with Gasteiger partial charge >= 0.3 is 0 Å². The summed E-state index contributed by atoms with van der Waals surface area (Å²) in [7, 11) is -0.383. The highest BCUT2D eigenvalue weighted by Crippen LogP contribution is 2.22. The fourth-order valence-electron chi connectivity index (χ4n) is 2.39. The molecule has 1 rings (SSSR count). The molecule has 1 heterocycles. The third-order valence-corrected chi connectivity index (χ3v) is 5.65. The summed E-state index contributed by atoms with van der Waals surface area (Å²) in [5.41, 5.74) is 5.72. The van der Waals surface area contributed by atoms with Crippen LogP contribution in [0.4, 0.5) is 0 Å². The van der Waals surface area contributed by atoms with Crippen molar-refractivity contribution in [2.75, 3.05) is 53.6 Å². The number of rotatable bonds is 9. The van der Waals surface area contributed by atoms with Crippen LogP contribution in [0.25, 0.3) is 0 Å². The summed E-state index contributed by atoms with van der Waals surface area (Å²) in [6, 6.07) is -0.0960. The van der Waals surface area contributed by atoms with Crippen molar-refractivity contribution in [2.45, 2.75) is 25.3 Å². The van der Waals surface area contributed by atoms with Gasteiger partial charge in [0, 0.05) is 46.4 Å². The van der Waals surface area contributed by atoms with Gasteiger partial charge in [-0.2, -0.15) is 17.0 Å². The van der Waals surface area contributed by atoms with Crippen LogP contribution < -0.4 is 5.73 Å². The van der Waals surface area contributed by atoms with Crippen molar-refractivity contribution in [1.29, 1.82) is 0 Å². The third kappa shape index (κ3) is 4.64. The third-order valence-electron chi connectivity index (χ3n) is 3.56. The second-order valence-electron chi connectivity index (χ2n) is 4.89. The Labute approximate surface area is 122 Å². The van der Waals surface area contributed by atoms with Crippen molar-refractivity contribution in [2.24, 2.45) is 5.73 Å². The average Bonchev–Trinajstić information content (AvgIpc) is 2.47. The van der Waals surface area contributed by atoms with Gasteiger partial charge in [0.15, 0.2) is 0 Å². The minimum absolute atomic E-state index is 0.0960. The Kier molecular flexibility index (Phi) is 7.93. The Hall–Kier alpha value is -0.250. The van der Waals surface area contributed by atoms with Gasteiger partial charge in [0.1, 0.15) is 0 Å². The van der Waals surface area contributed by atoms with Crippen molar-refractivity contribution < 1.29 is 17.9 Å². The fourth-order valence-corrected chi connectivity index (χ4v) is 4.23. The maximum absolute atomic E-state index is 12.8. The molecule has 1 saturated heterocycles. The van der Waals surface area contributed by atoms with E-state index in [4.69, 9.17) is 15.2 Å². The molecule has 1 unspecified atom stereocenters. The number of ether oxygens (including phenoxy) is 2. The standard InChI is InChI=1S/C12H27N3O4S/c1-18-9-7-14(8-10-19-2)20(16,17)15-6-4-3-5-12(15)11-13/h12H,3-11,13H2,1-2H3. The largest absolute Gasteiger partial charge is 0.383 e. The van der Waals surface area contributed by atoms with Gasteiger partial charge in [-0.05, 0) is 12.8 Å². The highest BCUT2D eigenvalue weighted by atomic mass is 32.2. The van der Waals surface area contributed by atoms with Crippen LogP contribution in [0.3, 0.4) is 0 Å². The van der Waals surface area contributed by atoms with Crippen LogP contribution in [0.2, 0.25) is 0 Å². The van der Waals surface area contributed by atoms with Crippen molar-refractivity contribution in [3.05, 3.63) is 0 Å². The van der Waals surface area contributed by atoms with E-state index in [1.165, 1.54) is 4.31 Å². The second kappa shape index (κ2) is 8.91. The normalized spacial score (nSPS) is 21.5. The summed E-state index contributed by atoms with van der Waals surface area (Å²) < 4.78 is 38.5. The number of hydrogen-bond acceptors (Lipinski definition) is 5. The lowest BCUT2D eigenvalue weighted by molar-refractivity contribution is 0.142. The first-order valence-electron chi connectivity index (χ1n) is 7.02. The van der Waals surface area contributed by atoms with Crippen molar-refractivity contribution in [1.82, 2.24) is 8.61 Å². The lowest BCUT2D eigenvalue weighted by Gasteiger charge is -2.37. The molecule has 0 aromatic heterocycles. The molecule has 0 saturated carbocycles. The smallest absolute Gasteiger partial charge is 0.282 e. The van der Waals surface area contributed by atoms with Gasteiger partial charge in [-0.1, -0.05) is 6.42 Å². The van der Waals surface area contributed by atoms with E-state index in [0.29, 0.717) is 39.4 Å². The first kappa shape index (κ1) is 17.8. The van der Waals surface area contributed by atoms with E-state index in [-0.39, 0.29) is 6.04 Å². The number of nitrogens with two attached hydrogens (primary N) is 1. The molecule has 1 fully saturated rings. The van der Waals surface area contributed by atoms with Crippen LogP contribution in [0.5, 0.6) is 0 Å². The van der Waals surface area contributed by atoms with Gasteiger partial charge in [0.05, 0.1) is 13.2 Å². The minimum Gasteiger partial charge on any atom is -0.383 e. The summed E-state index contributed by atoms with van der Waals surface area (Å²) in [6.45, 7) is 2.29. The first-order valence-corrected chi connectivity index (χ1v) is 8.42. The van der Waals surface area contributed by atoms with Crippen LogP contribution in [-0.4, -0.2) is 76.7 Å². The molecule has 0 aromatic carbocycles. The molecule has 0 radical (unpaired) electrons. The number of piperidine rings is 1. The molecule has 0 spiro atoms. The maximum Gasteiger partial charge on any atom is 0.282 e. The quantitative estimate of drug-likeness (QED) is 0.629. The zero-order chi connectivity index (χ0) is 15.0. The van der Waals surface area contributed by atoms with Gasteiger partial charge in [0.2, 0.25) is 0 Å². The highest BCUT2D eigenvalue weighted by Gasteiger charge is 2.35. The Morgan fingerprint density at radius 1 is 1.20 bits per heavy atom. The van der Waals surface area contributed by atoms with Crippen molar-refractivity contribution in [3.63, 3.8) is 0 Å². The molecule has 120 valence electrons. The van der Waals surface area contributed by atoms with Crippen molar-refractivity contribution in [3.8, 4) is 0 Å². The molecular formula is C12H27N3O4S. The summed E-state index contributed by atoms with van der Waals surface area (Å²) in [5, 5.41) is 0. The summed E-state index contributed by atoms with van der Waals surface area (Å²) >= 11 is 0. The topological polar surface area (TPSA) is 85.1 Å². The number of nitrogens with zero attached hydrogens (tertiary/aromatic N) is 2. The molecule has 20 heavy (non-hydrogen) atoms. The van der Waals surface area contributed by atoms with Gasteiger partial charge in [0.25, 0.3) is 10.2 Å². The Morgan fingerprint density at radius 2 is 1.80 bits per heavy atom.